The van der Waals surface area contributed by atoms with E-state index >= 15 is 0 Å². The lowest BCUT2D eigenvalue weighted by Crippen LogP contribution is -2.50. The van der Waals surface area contributed by atoms with Crippen molar-refractivity contribution in [3.8, 4) is 0 Å². The summed E-state index contributed by atoms with van der Waals surface area (Å²) in [6.07, 6.45) is 3.00. The summed E-state index contributed by atoms with van der Waals surface area (Å²) in [5.41, 5.74) is 1.28. The number of nitrogens with one attached hydrogen (secondary N) is 1. The van der Waals surface area contributed by atoms with Crippen LogP contribution in [0.1, 0.15) is 37.8 Å². The third-order valence-corrected chi connectivity index (χ3v) is 5.40. The number of carbonyl (C=O) groups is 1. The Morgan fingerprint density at radius 3 is 2.57 bits per heavy atom. The fraction of sp³-hybridized carbons (Fsp3) is 0.611. The van der Waals surface area contributed by atoms with Gasteiger partial charge in [-0.1, -0.05) is 23.7 Å². The van der Waals surface area contributed by atoms with Crippen molar-refractivity contribution in [2.24, 2.45) is 0 Å². The molecule has 5 heteroatoms. The van der Waals surface area contributed by atoms with Crippen LogP contribution in [0.3, 0.4) is 0 Å². The van der Waals surface area contributed by atoms with Crippen LogP contribution >= 0.6 is 11.6 Å². The number of rotatable bonds is 4. The topological polar surface area (TPSA) is 35.6 Å². The lowest BCUT2D eigenvalue weighted by Gasteiger charge is -2.38. The smallest absolute Gasteiger partial charge is 0.224 e. The predicted octanol–water partition coefficient (Wildman–Crippen LogP) is 2.69. The van der Waals surface area contributed by atoms with E-state index in [1.165, 1.54) is 12.0 Å². The van der Waals surface area contributed by atoms with E-state index in [1.54, 1.807) is 0 Å². The van der Waals surface area contributed by atoms with Gasteiger partial charge in [0.1, 0.15) is 0 Å². The molecule has 23 heavy (non-hydrogen) atoms. The van der Waals surface area contributed by atoms with Crippen LogP contribution in [-0.2, 0) is 4.79 Å². The zero-order valence-corrected chi connectivity index (χ0v) is 14.6. The molecule has 1 amide bonds. The monoisotopic (exact) mass is 335 g/mol. The summed E-state index contributed by atoms with van der Waals surface area (Å²) in [5, 5.41) is 4.19. The first-order valence-electron chi connectivity index (χ1n) is 8.64. The van der Waals surface area contributed by atoms with Crippen LogP contribution in [-0.4, -0.2) is 54.5 Å². The molecule has 0 saturated carbocycles. The fourth-order valence-electron chi connectivity index (χ4n) is 3.58. The third-order valence-electron chi connectivity index (χ3n) is 5.15. The van der Waals surface area contributed by atoms with Crippen molar-refractivity contribution in [2.75, 3.05) is 32.7 Å². The van der Waals surface area contributed by atoms with Crippen molar-refractivity contribution in [3.63, 3.8) is 0 Å². The van der Waals surface area contributed by atoms with Gasteiger partial charge in [-0.3, -0.25) is 9.69 Å². The van der Waals surface area contributed by atoms with E-state index in [9.17, 15) is 4.79 Å². The van der Waals surface area contributed by atoms with Gasteiger partial charge in [-0.25, -0.2) is 0 Å². The fourth-order valence-corrected chi connectivity index (χ4v) is 3.71. The number of carbonyl (C=O) groups excluding carboxylic acids is 1. The largest absolute Gasteiger partial charge is 0.340 e. The molecule has 3 rings (SSSR count). The zero-order chi connectivity index (χ0) is 16.2. The van der Waals surface area contributed by atoms with Crippen molar-refractivity contribution in [1.29, 1.82) is 0 Å². The molecule has 0 aliphatic carbocycles. The van der Waals surface area contributed by atoms with Crippen molar-refractivity contribution < 1.29 is 4.79 Å². The summed E-state index contributed by atoms with van der Waals surface area (Å²) in [4.78, 5) is 16.9. The molecule has 126 valence electrons. The lowest BCUT2D eigenvalue weighted by molar-refractivity contribution is -0.133. The first kappa shape index (κ1) is 16.7. The van der Waals surface area contributed by atoms with Gasteiger partial charge in [-0.2, -0.15) is 0 Å². The van der Waals surface area contributed by atoms with Gasteiger partial charge in [0.15, 0.2) is 0 Å². The lowest BCUT2D eigenvalue weighted by atomic mass is 10.1. The highest BCUT2D eigenvalue weighted by atomic mass is 35.5. The van der Waals surface area contributed by atoms with Gasteiger partial charge in [0, 0.05) is 49.7 Å². The molecule has 1 N–H and O–H groups in total. The van der Waals surface area contributed by atoms with Crippen LogP contribution in [0.15, 0.2) is 24.3 Å². The highest BCUT2D eigenvalue weighted by Gasteiger charge is 2.26. The molecule has 0 bridgehead atoms. The van der Waals surface area contributed by atoms with E-state index in [1.807, 2.05) is 17.0 Å². The van der Waals surface area contributed by atoms with Gasteiger partial charge < -0.3 is 10.2 Å². The number of hydrogen-bond donors (Lipinski definition) is 1. The SMILES string of the molecule is CC(c1ccc(Cl)cc1)N1CCN(C(=O)CC2CCCN2)CC1. The van der Waals surface area contributed by atoms with E-state index in [0.29, 0.717) is 24.4 Å². The molecule has 0 spiro atoms. The van der Waals surface area contributed by atoms with Gasteiger partial charge >= 0.3 is 0 Å². The van der Waals surface area contributed by atoms with Crippen LogP contribution in [0, 0.1) is 0 Å². The zero-order valence-electron chi connectivity index (χ0n) is 13.8. The number of halogens is 1. The van der Waals surface area contributed by atoms with E-state index in [0.717, 1.165) is 44.2 Å². The summed E-state index contributed by atoms with van der Waals surface area (Å²) >= 11 is 5.96. The Hall–Kier alpha value is -1.10. The van der Waals surface area contributed by atoms with E-state index in [2.05, 4.69) is 29.3 Å². The Labute approximate surface area is 143 Å². The van der Waals surface area contributed by atoms with E-state index in [-0.39, 0.29) is 0 Å². The summed E-state index contributed by atoms with van der Waals surface area (Å²) < 4.78 is 0. The van der Waals surface area contributed by atoms with E-state index < -0.39 is 0 Å². The minimum absolute atomic E-state index is 0.309. The molecular weight excluding hydrogens is 310 g/mol. The number of benzene rings is 1. The Morgan fingerprint density at radius 1 is 1.26 bits per heavy atom. The van der Waals surface area contributed by atoms with Crippen molar-refractivity contribution in [3.05, 3.63) is 34.9 Å². The van der Waals surface area contributed by atoms with Crippen LogP contribution in [0.2, 0.25) is 5.02 Å². The number of nitrogens with zero attached hydrogens (tertiary/aromatic N) is 2. The average molecular weight is 336 g/mol. The van der Waals surface area contributed by atoms with Gasteiger partial charge in [-0.15, -0.1) is 0 Å². The maximum atomic E-state index is 12.4. The second-order valence-electron chi connectivity index (χ2n) is 6.64. The molecule has 1 aromatic rings. The summed E-state index contributed by atoms with van der Waals surface area (Å²) in [7, 11) is 0. The normalized spacial score (nSPS) is 23.9. The summed E-state index contributed by atoms with van der Waals surface area (Å²) in [6.45, 7) is 6.84. The minimum Gasteiger partial charge on any atom is -0.340 e. The predicted molar refractivity (Wildman–Crippen MR) is 93.7 cm³/mol. The Kier molecular flexibility index (Phi) is 5.57. The Bertz CT molecular complexity index is 520. The van der Waals surface area contributed by atoms with Crippen molar-refractivity contribution in [2.45, 2.75) is 38.3 Å². The molecule has 2 aliphatic rings. The maximum Gasteiger partial charge on any atom is 0.224 e. The molecule has 2 fully saturated rings. The molecule has 2 aliphatic heterocycles. The number of hydrogen-bond acceptors (Lipinski definition) is 3. The maximum absolute atomic E-state index is 12.4. The third kappa shape index (κ3) is 4.25. The highest BCUT2D eigenvalue weighted by molar-refractivity contribution is 6.30. The highest BCUT2D eigenvalue weighted by Crippen LogP contribution is 2.23. The second kappa shape index (κ2) is 7.65. The Morgan fingerprint density at radius 2 is 1.96 bits per heavy atom. The van der Waals surface area contributed by atoms with Crippen molar-refractivity contribution >= 4 is 17.5 Å². The molecule has 0 aromatic heterocycles. The van der Waals surface area contributed by atoms with E-state index in [4.69, 9.17) is 11.6 Å². The van der Waals surface area contributed by atoms with Crippen molar-refractivity contribution in [1.82, 2.24) is 15.1 Å². The second-order valence-corrected chi connectivity index (χ2v) is 7.08. The molecule has 4 nitrogen and oxygen atoms in total. The molecule has 2 saturated heterocycles. The molecule has 1 aromatic carbocycles. The van der Waals surface area contributed by atoms with Gasteiger partial charge in [0.2, 0.25) is 5.91 Å². The first-order valence-corrected chi connectivity index (χ1v) is 9.02. The molecule has 2 heterocycles. The van der Waals surface area contributed by atoms with Gasteiger partial charge in [0.05, 0.1) is 0 Å². The molecular formula is C18H26ClN3O. The quantitative estimate of drug-likeness (QED) is 0.919. The first-order chi connectivity index (χ1) is 11.1. The minimum atomic E-state index is 0.309. The summed E-state index contributed by atoms with van der Waals surface area (Å²) in [6, 6.07) is 8.84. The van der Waals surface area contributed by atoms with Gasteiger partial charge in [0.25, 0.3) is 0 Å². The van der Waals surface area contributed by atoms with Crippen LogP contribution in [0.5, 0.6) is 0 Å². The molecule has 0 radical (unpaired) electrons. The summed E-state index contributed by atoms with van der Waals surface area (Å²) in [5.74, 6) is 0.309. The van der Waals surface area contributed by atoms with Crippen LogP contribution < -0.4 is 5.32 Å². The van der Waals surface area contributed by atoms with Gasteiger partial charge in [-0.05, 0) is 44.0 Å². The number of amides is 1. The molecule has 2 atom stereocenters. The standard InChI is InChI=1S/C18H26ClN3O/c1-14(15-4-6-16(19)7-5-15)21-9-11-22(12-10-21)18(23)13-17-3-2-8-20-17/h4-7,14,17,20H,2-3,8-13H2,1H3. The van der Waals surface area contributed by atoms with Crippen LogP contribution in [0.4, 0.5) is 0 Å². The number of piperazine rings is 1. The average Bonchev–Trinajstić information content (AvgIpc) is 3.08. The molecule has 2 unspecified atom stereocenters. The van der Waals surface area contributed by atoms with Crippen LogP contribution in [0.25, 0.3) is 0 Å². The Balaban J connectivity index is 1.49.